The Morgan fingerprint density at radius 1 is 1.22 bits per heavy atom. The van der Waals surface area contributed by atoms with Crippen molar-refractivity contribution in [2.24, 2.45) is 0 Å². The van der Waals surface area contributed by atoms with Crippen molar-refractivity contribution in [2.45, 2.75) is 58.7 Å². The van der Waals surface area contributed by atoms with Crippen LogP contribution in [0.2, 0.25) is 0 Å². The molecule has 0 amide bonds. The first kappa shape index (κ1) is 20.3. The molecule has 32 heavy (non-hydrogen) atoms. The molecule has 1 aromatic carbocycles. The van der Waals surface area contributed by atoms with Crippen LogP contribution >= 0.6 is 0 Å². The van der Waals surface area contributed by atoms with Crippen LogP contribution in [0, 0.1) is 6.92 Å². The fourth-order valence-corrected chi connectivity index (χ4v) is 3.54. The first-order valence-corrected chi connectivity index (χ1v) is 10.7. The number of aromatic nitrogens is 4. The Kier molecular flexibility index (Phi) is 4.76. The summed E-state index contributed by atoms with van der Waals surface area (Å²) in [6.07, 6.45) is 4.39. The van der Waals surface area contributed by atoms with E-state index >= 15 is 0 Å². The van der Waals surface area contributed by atoms with Crippen molar-refractivity contribution in [1.29, 1.82) is 0 Å². The number of anilines is 2. The minimum atomic E-state index is -0.621. The highest BCUT2D eigenvalue weighted by Gasteiger charge is 2.24. The van der Waals surface area contributed by atoms with E-state index in [0.717, 1.165) is 30.3 Å². The summed E-state index contributed by atoms with van der Waals surface area (Å²) in [4.78, 5) is 21.7. The Morgan fingerprint density at radius 2 is 2.03 bits per heavy atom. The van der Waals surface area contributed by atoms with Gasteiger partial charge in [0.15, 0.2) is 0 Å². The molecule has 9 heteroatoms. The maximum absolute atomic E-state index is 12.7. The molecule has 5 rings (SSSR count). The van der Waals surface area contributed by atoms with Gasteiger partial charge in [-0.1, -0.05) is 0 Å². The van der Waals surface area contributed by atoms with Crippen molar-refractivity contribution in [3.8, 4) is 5.88 Å². The van der Waals surface area contributed by atoms with E-state index in [-0.39, 0.29) is 6.10 Å². The molecule has 0 spiro atoms. The lowest BCUT2D eigenvalue weighted by Crippen LogP contribution is -2.27. The van der Waals surface area contributed by atoms with E-state index in [4.69, 9.17) is 13.9 Å². The summed E-state index contributed by atoms with van der Waals surface area (Å²) in [6.45, 7) is 7.32. The summed E-state index contributed by atoms with van der Waals surface area (Å²) in [5.74, 6) is 0.815. The van der Waals surface area contributed by atoms with E-state index in [2.05, 4.69) is 20.4 Å². The van der Waals surface area contributed by atoms with Gasteiger partial charge in [-0.25, -0.2) is 9.78 Å². The Bertz CT molecular complexity index is 1310. The zero-order chi connectivity index (χ0) is 22.5. The largest absolute Gasteiger partial charge is 0.472 e. The second-order valence-corrected chi connectivity index (χ2v) is 8.99. The lowest BCUT2D eigenvalue weighted by atomic mass is 9.96. The molecule has 1 fully saturated rings. The summed E-state index contributed by atoms with van der Waals surface area (Å²) in [5.41, 5.74) is 2.66. The number of hydrogen-bond donors (Lipinski definition) is 1. The van der Waals surface area contributed by atoms with Gasteiger partial charge in [-0.3, -0.25) is 0 Å². The van der Waals surface area contributed by atoms with Gasteiger partial charge in [0.1, 0.15) is 17.2 Å². The smallest absolute Gasteiger partial charge is 0.435 e. The quantitative estimate of drug-likeness (QED) is 0.458. The number of carbonyl (C=O) groups is 1. The molecule has 0 aliphatic heterocycles. The second-order valence-electron chi connectivity index (χ2n) is 8.99. The average Bonchev–Trinajstić information content (AvgIpc) is 3.28. The minimum Gasteiger partial charge on any atom is -0.472 e. The fourth-order valence-electron chi connectivity index (χ4n) is 3.54. The highest BCUT2D eigenvalue weighted by Crippen LogP contribution is 2.31. The van der Waals surface area contributed by atoms with Crippen molar-refractivity contribution in [1.82, 2.24) is 19.7 Å². The SMILES string of the molecule is Cc1nn(C(=O)OC(C)(C)C)c2cc(Nc3nc(OC4CCC4)c4occc4n3)ccc12. The van der Waals surface area contributed by atoms with Crippen LogP contribution in [0.5, 0.6) is 5.88 Å². The maximum atomic E-state index is 12.7. The number of aryl methyl sites for hydroxylation is 1. The van der Waals surface area contributed by atoms with Crippen molar-refractivity contribution >= 4 is 39.7 Å². The first-order chi connectivity index (χ1) is 15.3. The molecule has 3 heterocycles. The molecular formula is C23H25N5O4. The average molecular weight is 435 g/mol. The van der Waals surface area contributed by atoms with Crippen LogP contribution in [0.15, 0.2) is 34.9 Å². The minimum absolute atomic E-state index is 0.161. The molecule has 1 aliphatic carbocycles. The number of fused-ring (bicyclic) bond motifs is 2. The predicted molar refractivity (Wildman–Crippen MR) is 119 cm³/mol. The Morgan fingerprint density at radius 3 is 2.75 bits per heavy atom. The summed E-state index contributed by atoms with van der Waals surface area (Å²) in [6, 6.07) is 7.41. The number of carbonyl (C=O) groups excluding carboxylic acids is 1. The monoisotopic (exact) mass is 435 g/mol. The van der Waals surface area contributed by atoms with E-state index in [9.17, 15) is 4.79 Å². The van der Waals surface area contributed by atoms with Gasteiger partial charge in [-0.2, -0.15) is 14.8 Å². The molecule has 1 aliphatic rings. The summed E-state index contributed by atoms with van der Waals surface area (Å²) >= 11 is 0. The van der Waals surface area contributed by atoms with Gasteiger partial charge in [-0.15, -0.1) is 0 Å². The van der Waals surface area contributed by atoms with Gasteiger partial charge in [0.2, 0.25) is 11.5 Å². The topological polar surface area (TPSA) is 104 Å². The van der Waals surface area contributed by atoms with E-state index in [0.29, 0.717) is 34.1 Å². The summed E-state index contributed by atoms with van der Waals surface area (Å²) in [7, 11) is 0. The van der Waals surface area contributed by atoms with E-state index in [1.807, 2.05) is 45.9 Å². The normalized spacial score (nSPS) is 14.5. The Labute approximate surface area is 184 Å². The fraction of sp³-hybridized carbons (Fsp3) is 0.391. The molecule has 166 valence electrons. The molecule has 1 saturated carbocycles. The third-order valence-electron chi connectivity index (χ3n) is 5.29. The molecule has 0 bridgehead atoms. The van der Waals surface area contributed by atoms with Crippen LogP contribution in [0.25, 0.3) is 22.0 Å². The van der Waals surface area contributed by atoms with Gasteiger partial charge in [0, 0.05) is 17.1 Å². The summed E-state index contributed by atoms with van der Waals surface area (Å²) < 4.78 is 18.3. The molecule has 4 aromatic rings. The van der Waals surface area contributed by atoms with Crippen LogP contribution in [-0.2, 0) is 4.74 Å². The standard InChI is InChI=1S/C23H25N5O4/c1-13-16-9-8-14(12-18(16)28(27-13)22(29)32-23(2,3)4)24-21-25-17-10-11-30-19(17)20(26-21)31-15-6-5-7-15/h8-12,15H,5-7H2,1-4H3,(H,24,25,26). The molecule has 1 N–H and O–H groups in total. The number of rotatable bonds is 4. The van der Waals surface area contributed by atoms with Crippen LogP contribution in [0.3, 0.4) is 0 Å². The van der Waals surface area contributed by atoms with E-state index < -0.39 is 11.7 Å². The third kappa shape index (κ3) is 3.86. The third-order valence-corrected chi connectivity index (χ3v) is 5.29. The number of furan rings is 1. The van der Waals surface area contributed by atoms with E-state index in [1.165, 1.54) is 4.68 Å². The zero-order valence-electron chi connectivity index (χ0n) is 18.5. The predicted octanol–water partition coefficient (Wildman–Crippen LogP) is 5.34. The van der Waals surface area contributed by atoms with E-state index in [1.54, 1.807) is 12.3 Å². The summed E-state index contributed by atoms with van der Waals surface area (Å²) in [5, 5.41) is 8.45. The highest BCUT2D eigenvalue weighted by molar-refractivity contribution is 5.92. The molecule has 0 unspecified atom stereocenters. The van der Waals surface area contributed by atoms with Crippen molar-refractivity contribution < 1.29 is 18.7 Å². The van der Waals surface area contributed by atoms with Crippen LogP contribution in [-0.4, -0.2) is 37.5 Å². The number of nitrogens with one attached hydrogen (secondary N) is 1. The lowest BCUT2D eigenvalue weighted by Gasteiger charge is -2.25. The van der Waals surface area contributed by atoms with Gasteiger partial charge >= 0.3 is 6.09 Å². The Hall–Kier alpha value is -3.62. The van der Waals surface area contributed by atoms with Gasteiger partial charge in [0.25, 0.3) is 5.88 Å². The molecule has 0 radical (unpaired) electrons. The van der Waals surface area contributed by atoms with Gasteiger partial charge in [0.05, 0.1) is 17.5 Å². The van der Waals surface area contributed by atoms with Gasteiger partial charge in [-0.05, 0) is 65.2 Å². The number of ether oxygens (including phenoxy) is 2. The number of hydrogen-bond acceptors (Lipinski definition) is 8. The second kappa shape index (κ2) is 7.51. The highest BCUT2D eigenvalue weighted by atomic mass is 16.6. The molecular weight excluding hydrogens is 410 g/mol. The van der Waals surface area contributed by atoms with Crippen LogP contribution in [0.1, 0.15) is 45.7 Å². The lowest BCUT2D eigenvalue weighted by molar-refractivity contribution is 0.0522. The molecule has 0 atom stereocenters. The number of benzene rings is 1. The van der Waals surface area contributed by atoms with Crippen molar-refractivity contribution in [2.75, 3.05) is 5.32 Å². The Balaban J connectivity index is 1.48. The van der Waals surface area contributed by atoms with Crippen LogP contribution < -0.4 is 10.1 Å². The van der Waals surface area contributed by atoms with Crippen LogP contribution in [0.4, 0.5) is 16.4 Å². The number of nitrogens with zero attached hydrogens (tertiary/aromatic N) is 4. The molecule has 3 aromatic heterocycles. The maximum Gasteiger partial charge on any atom is 0.435 e. The van der Waals surface area contributed by atoms with Crippen molar-refractivity contribution in [3.63, 3.8) is 0 Å². The molecule has 9 nitrogen and oxygen atoms in total. The first-order valence-electron chi connectivity index (χ1n) is 10.7. The zero-order valence-corrected chi connectivity index (χ0v) is 18.5. The van der Waals surface area contributed by atoms with Crippen molar-refractivity contribution in [3.05, 3.63) is 36.2 Å². The van der Waals surface area contributed by atoms with Gasteiger partial charge < -0.3 is 19.2 Å². The molecule has 0 saturated heterocycles.